The fourth-order valence-corrected chi connectivity index (χ4v) is 7.41. The number of hydrogen-bond donors (Lipinski definition) is 1. The minimum absolute atomic E-state index is 0.0644. The molecule has 2 aliphatic rings. The monoisotopic (exact) mass is 537 g/mol. The van der Waals surface area contributed by atoms with Crippen molar-refractivity contribution in [3.63, 3.8) is 0 Å². The lowest BCUT2D eigenvalue weighted by molar-refractivity contribution is -0.115. The summed E-state index contributed by atoms with van der Waals surface area (Å²) < 4.78 is 60.4. The van der Waals surface area contributed by atoms with Crippen LogP contribution >= 0.6 is 7.60 Å². The summed E-state index contributed by atoms with van der Waals surface area (Å²) >= 11 is 0. The quantitative estimate of drug-likeness (QED) is 0.503. The molecule has 0 spiro atoms. The SMILES string of the molecule is CCOP(=O)(Cc1ccc(NC(=O)C2Cc3cc4c(cc3C(=O)CS2(=O)=O)OCCO4)cc1)OCC. The van der Waals surface area contributed by atoms with Gasteiger partial charge in [0.25, 0.3) is 0 Å². The van der Waals surface area contributed by atoms with Gasteiger partial charge in [-0.05, 0) is 55.7 Å². The number of Topliss-reactive ketones (excluding diaryl/α,β-unsaturated/α-hetero) is 1. The van der Waals surface area contributed by atoms with Gasteiger partial charge in [-0.15, -0.1) is 0 Å². The molecule has 0 aromatic heterocycles. The fraction of sp³-hybridized carbons (Fsp3) is 0.417. The summed E-state index contributed by atoms with van der Waals surface area (Å²) in [5.41, 5.74) is 1.67. The Morgan fingerprint density at radius 3 is 2.28 bits per heavy atom. The highest BCUT2D eigenvalue weighted by Crippen LogP contribution is 2.51. The maximum atomic E-state index is 13.1. The zero-order valence-corrected chi connectivity index (χ0v) is 21.7. The van der Waals surface area contributed by atoms with Gasteiger partial charge in [-0.2, -0.15) is 0 Å². The average molecular weight is 538 g/mol. The van der Waals surface area contributed by atoms with Crippen LogP contribution in [0.1, 0.15) is 35.3 Å². The molecule has 0 saturated heterocycles. The van der Waals surface area contributed by atoms with Crippen LogP contribution < -0.4 is 14.8 Å². The summed E-state index contributed by atoms with van der Waals surface area (Å²) in [6.07, 6.45) is -0.106. The summed E-state index contributed by atoms with van der Waals surface area (Å²) in [7, 11) is -7.37. The van der Waals surface area contributed by atoms with Crippen molar-refractivity contribution in [3.05, 3.63) is 53.1 Å². The highest BCUT2D eigenvalue weighted by molar-refractivity contribution is 7.93. The highest BCUT2D eigenvalue weighted by Gasteiger charge is 2.39. The number of amides is 1. The first-order valence-corrected chi connectivity index (χ1v) is 15.0. The topological polar surface area (TPSA) is 134 Å². The number of ketones is 1. The number of rotatable bonds is 8. The van der Waals surface area contributed by atoms with Gasteiger partial charge >= 0.3 is 7.60 Å². The van der Waals surface area contributed by atoms with Gasteiger partial charge in [-0.3, -0.25) is 14.2 Å². The molecule has 194 valence electrons. The average Bonchev–Trinajstić information content (AvgIpc) is 2.92. The van der Waals surface area contributed by atoms with Gasteiger partial charge in [-0.25, -0.2) is 8.42 Å². The molecule has 36 heavy (non-hydrogen) atoms. The van der Waals surface area contributed by atoms with E-state index in [1.54, 1.807) is 44.2 Å². The largest absolute Gasteiger partial charge is 0.486 e. The number of carbonyl (C=O) groups excluding carboxylic acids is 2. The molecule has 0 radical (unpaired) electrons. The lowest BCUT2D eigenvalue weighted by Crippen LogP contribution is -2.38. The van der Waals surface area contributed by atoms with Crippen molar-refractivity contribution in [2.24, 2.45) is 0 Å². The van der Waals surface area contributed by atoms with Crippen LogP contribution in [0.3, 0.4) is 0 Å². The number of nitrogens with one attached hydrogen (secondary N) is 1. The van der Waals surface area contributed by atoms with Crippen LogP contribution in [0, 0.1) is 0 Å². The standard InChI is InChI=1S/C24H28NO9PS/c1-3-33-35(28,34-4-2)14-16-5-7-18(8-6-16)25-24(27)23-12-17-11-21-22(32-10-9-31-21)13-19(17)20(26)15-36(23,29)30/h5-8,11,13,23H,3-4,9-10,12,14-15H2,1-2H3,(H,25,27). The maximum Gasteiger partial charge on any atom is 0.335 e. The molecule has 10 nitrogen and oxygen atoms in total. The Labute approximate surface area is 209 Å². The predicted molar refractivity (Wildman–Crippen MR) is 133 cm³/mol. The van der Waals surface area contributed by atoms with E-state index in [4.69, 9.17) is 18.5 Å². The molecule has 2 aromatic carbocycles. The second-order valence-electron chi connectivity index (χ2n) is 8.37. The van der Waals surface area contributed by atoms with Crippen LogP contribution in [-0.4, -0.2) is 57.5 Å². The van der Waals surface area contributed by atoms with E-state index in [1.165, 1.54) is 6.07 Å². The molecular formula is C24H28NO9PS. The first kappa shape index (κ1) is 26.3. The Hall–Kier alpha value is -2.72. The van der Waals surface area contributed by atoms with E-state index in [1.807, 2.05) is 0 Å². The second kappa shape index (κ2) is 10.7. The third-order valence-electron chi connectivity index (χ3n) is 5.78. The van der Waals surface area contributed by atoms with E-state index in [0.29, 0.717) is 41.5 Å². The van der Waals surface area contributed by atoms with Gasteiger partial charge in [0.1, 0.15) is 24.2 Å². The summed E-state index contributed by atoms with van der Waals surface area (Å²) in [6.45, 7) is 4.61. The lowest BCUT2D eigenvalue weighted by Gasteiger charge is -2.20. The Kier molecular flexibility index (Phi) is 7.85. The molecule has 0 aliphatic carbocycles. The molecule has 0 bridgehead atoms. The zero-order chi connectivity index (χ0) is 25.9. The van der Waals surface area contributed by atoms with Crippen LogP contribution in [0.4, 0.5) is 5.69 Å². The van der Waals surface area contributed by atoms with Crippen LogP contribution in [0.5, 0.6) is 11.5 Å². The van der Waals surface area contributed by atoms with Gasteiger partial charge in [0.15, 0.2) is 27.1 Å². The molecular weight excluding hydrogens is 509 g/mol. The molecule has 12 heteroatoms. The number of sulfone groups is 1. The van der Waals surface area contributed by atoms with E-state index in [-0.39, 0.29) is 31.4 Å². The van der Waals surface area contributed by atoms with Crippen LogP contribution in [0.2, 0.25) is 0 Å². The van der Waals surface area contributed by atoms with E-state index in [0.717, 1.165) is 0 Å². The molecule has 2 heterocycles. The number of carbonyl (C=O) groups is 2. The van der Waals surface area contributed by atoms with Crippen molar-refractivity contribution in [2.75, 3.05) is 37.5 Å². The van der Waals surface area contributed by atoms with Gasteiger partial charge in [0.2, 0.25) is 5.91 Å². The van der Waals surface area contributed by atoms with Crippen LogP contribution in [0.15, 0.2) is 36.4 Å². The van der Waals surface area contributed by atoms with Crippen molar-refractivity contribution in [1.29, 1.82) is 0 Å². The highest BCUT2D eigenvalue weighted by atomic mass is 32.2. The smallest absolute Gasteiger partial charge is 0.335 e. The van der Waals surface area contributed by atoms with Crippen molar-refractivity contribution in [3.8, 4) is 11.5 Å². The third-order valence-corrected chi connectivity index (χ3v) is 9.75. The first-order valence-electron chi connectivity index (χ1n) is 11.6. The van der Waals surface area contributed by atoms with Crippen molar-refractivity contribution < 1.29 is 41.1 Å². The fourth-order valence-electron chi connectivity index (χ4n) is 4.16. The number of ether oxygens (including phenoxy) is 2. The molecule has 2 aliphatic heterocycles. The van der Waals surface area contributed by atoms with Crippen molar-refractivity contribution in [2.45, 2.75) is 31.7 Å². The van der Waals surface area contributed by atoms with E-state index >= 15 is 0 Å². The Bertz CT molecular complexity index is 1300. The Balaban J connectivity index is 1.52. The van der Waals surface area contributed by atoms with Gasteiger partial charge in [-0.1, -0.05) is 12.1 Å². The van der Waals surface area contributed by atoms with Crippen molar-refractivity contribution in [1.82, 2.24) is 0 Å². The zero-order valence-electron chi connectivity index (χ0n) is 20.0. The minimum Gasteiger partial charge on any atom is -0.486 e. The Morgan fingerprint density at radius 2 is 1.67 bits per heavy atom. The normalized spacial score (nSPS) is 18.7. The van der Waals surface area contributed by atoms with E-state index < -0.39 is 40.1 Å². The minimum atomic E-state index is -4.08. The summed E-state index contributed by atoms with van der Waals surface area (Å²) in [6, 6.07) is 9.55. The Morgan fingerprint density at radius 1 is 1.06 bits per heavy atom. The number of benzene rings is 2. The molecule has 1 N–H and O–H groups in total. The summed E-state index contributed by atoms with van der Waals surface area (Å²) in [4.78, 5) is 25.8. The number of hydrogen-bond acceptors (Lipinski definition) is 9. The molecule has 4 rings (SSSR count). The molecule has 1 amide bonds. The van der Waals surface area contributed by atoms with E-state index in [2.05, 4.69) is 5.32 Å². The molecule has 2 aromatic rings. The van der Waals surface area contributed by atoms with Gasteiger partial charge in [0.05, 0.1) is 19.4 Å². The number of fused-ring (bicyclic) bond motifs is 2. The lowest BCUT2D eigenvalue weighted by atomic mass is 9.98. The molecule has 1 atom stereocenters. The van der Waals surface area contributed by atoms with Gasteiger partial charge < -0.3 is 23.8 Å². The first-order chi connectivity index (χ1) is 17.1. The van der Waals surface area contributed by atoms with E-state index in [9.17, 15) is 22.6 Å². The molecule has 0 saturated carbocycles. The third kappa shape index (κ3) is 5.81. The predicted octanol–water partition coefficient (Wildman–Crippen LogP) is 3.38. The molecule has 1 unspecified atom stereocenters. The number of anilines is 1. The van der Waals surface area contributed by atoms with Crippen LogP contribution in [-0.2, 0) is 40.8 Å². The van der Waals surface area contributed by atoms with Gasteiger partial charge in [0, 0.05) is 11.3 Å². The summed E-state index contributed by atoms with van der Waals surface area (Å²) in [5, 5.41) is 1.17. The molecule has 0 fully saturated rings. The second-order valence-corrected chi connectivity index (χ2v) is 12.6. The van der Waals surface area contributed by atoms with Crippen LogP contribution in [0.25, 0.3) is 0 Å². The maximum absolute atomic E-state index is 13.1. The summed E-state index contributed by atoms with van der Waals surface area (Å²) in [5.74, 6) is -1.31. The van der Waals surface area contributed by atoms with Crippen molar-refractivity contribution >= 4 is 34.8 Å².